The van der Waals surface area contributed by atoms with Gasteiger partial charge in [0.15, 0.2) is 0 Å². The molecule has 3 heteroatoms. The summed E-state index contributed by atoms with van der Waals surface area (Å²) >= 11 is 0. The predicted octanol–water partition coefficient (Wildman–Crippen LogP) is 2.35. The Bertz CT molecular complexity index is 499. The van der Waals surface area contributed by atoms with Crippen molar-refractivity contribution in [3.05, 3.63) is 28.8 Å². The first-order valence-electron chi connectivity index (χ1n) is 6.93. The highest BCUT2D eigenvalue weighted by atomic mass is 16.5. The summed E-state index contributed by atoms with van der Waals surface area (Å²) in [6.07, 6.45) is 2.22. The normalized spacial score (nSPS) is 22.7. The number of benzene rings is 1. The Hall–Kier alpha value is -1.06. The molecule has 0 bridgehead atoms. The van der Waals surface area contributed by atoms with Crippen LogP contribution in [0.4, 0.5) is 0 Å². The Kier molecular flexibility index (Phi) is 2.88. The van der Waals surface area contributed by atoms with E-state index in [-0.39, 0.29) is 17.4 Å². The van der Waals surface area contributed by atoms with E-state index in [1.165, 1.54) is 11.1 Å². The van der Waals surface area contributed by atoms with Crippen molar-refractivity contribution >= 4 is 0 Å². The number of ether oxygens (including phenoxy) is 2. The largest absolute Gasteiger partial charge is 0.496 e. The summed E-state index contributed by atoms with van der Waals surface area (Å²) in [4.78, 5) is 0. The van der Waals surface area contributed by atoms with Crippen LogP contribution in [0.3, 0.4) is 0 Å². The molecule has 0 atom stereocenters. The minimum Gasteiger partial charge on any atom is -0.496 e. The summed E-state index contributed by atoms with van der Waals surface area (Å²) in [7, 11) is 1.71. The van der Waals surface area contributed by atoms with Crippen molar-refractivity contribution in [2.24, 2.45) is 5.41 Å². The quantitative estimate of drug-likeness (QED) is 0.905. The van der Waals surface area contributed by atoms with Gasteiger partial charge in [0.2, 0.25) is 0 Å². The van der Waals surface area contributed by atoms with Crippen molar-refractivity contribution in [3.63, 3.8) is 0 Å². The molecule has 1 aliphatic carbocycles. The van der Waals surface area contributed by atoms with Gasteiger partial charge in [-0.3, -0.25) is 0 Å². The molecule has 1 aliphatic heterocycles. The Morgan fingerprint density at radius 2 is 1.89 bits per heavy atom. The minimum absolute atomic E-state index is 0.0167. The van der Waals surface area contributed by atoms with E-state index in [0.717, 1.165) is 37.4 Å². The molecule has 0 unspecified atom stereocenters. The van der Waals surface area contributed by atoms with Gasteiger partial charge in [-0.2, -0.15) is 0 Å². The first-order chi connectivity index (χ1) is 9.08. The predicted molar refractivity (Wildman–Crippen MR) is 73.7 cm³/mol. The summed E-state index contributed by atoms with van der Waals surface area (Å²) < 4.78 is 10.9. The van der Waals surface area contributed by atoms with E-state index in [4.69, 9.17) is 9.47 Å². The Balaban J connectivity index is 2.08. The van der Waals surface area contributed by atoms with Gasteiger partial charge in [0.05, 0.1) is 25.7 Å². The first kappa shape index (κ1) is 12.9. The lowest BCUT2D eigenvalue weighted by Gasteiger charge is -2.49. The zero-order chi connectivity index (χ0) is 13.7. The number of aryl methyl sites for hydroxylation is 2. The number of aliphatic hydroxyl groups is 1. The maximum Gasteiger partial charge on any atom is 0.122 e. The van der Waals surface area contributed by atoms with Crippen LogP contribution in [0.15, 0.2) is 12.1 Å². The van der Waals surface area contributed by atoms with Gasteiger partial charge < -0.3 is 14.6 Å². The molecule has 0 amide bonds. The van der Waals surface area contributed by atoms with E-state index in [1.54, 1.807) is 7.11 Å². The smallest absolute Gasteiger partial charge is 0.122 e. The molecule has 1 N–H and O–H groups in total. The zero-order valence-electron chi connectivity index (χ0n) is 12.0. The molecular formula is C16H22O3. The second-order valence-corrected chi connectivity index (χ2v) is 6.15. The van der Waals surface area contributed by atoms with Crippen molar-refractivity contribution < 1.29 is 14.6 Å². The molecule has 0 aromatic heterocycles. The summed E-state index contributed by atoms with van der Waals surface area (Å²) in [5.74, 6) is 0.936. The van der Waals surface area contributed by atoms with Gasteiger partial charge in [-0.15, -0.1) is 0 Å². The highest BCUT2D eigenvalue weighted by Gasteiger charge is 2.63. The average molecular weight is 262 g/mol. The third-order valence-electron chi connectivity index (χ3n) is 5.13. The van der Waals surface area contributed by atoms with Crippen molar-refractivity contribution in [2.75, 3.05) is 26.9 Å². The van der Waals surface area contributed by atoms with Gasteiger partial charge in [-0.25, -0.2) is 0 Å². The number of methoxy groups -OCH3 is 1. The molecule has 104 valence electrons. The Labute approximate surface area is 114 Å². The molecule has 3 nitrogen and oxygen atoms in total. The van der Waals surface area contributed by atoms with E-state index in [0.29, 0.717) is 0 Å². The topological polar surface area (TPSA) is 38.7 Å². The fourth-order valence-electron chi connectivity index (χ4n) is 3.52. The average Bonchev–Trinajstić information content (AvgIpc) is 3.13. The standard InChI is InChI=1S/C16H22O3/c1-11-7-14(18-3)12(2)6-13(11)16(9-19-10-16)15(8-17)4-5-15/h6-7,17H,4-5,8-10H2,1-3H3. The molecule has 3 rings (SSSR count). The van der Waals surface area contributed by atoms with Crippen LogP contribution in [0.1, 0.15) is 29.5 Å². The molecule has 2 aliphatic rings. The van der Waals surface area contributed by atoms with Gasteiger partial charge in [0.25, 0.3) is 0 Å². The third kappa shape index (κ3) is 1.65. The second-order valence-electron chi connectivity index (χ2n) is 6.15. The minimum atomic E-state index is 0.0167. The van der Waals surface area contributed by atoms with E-state index >= 15 is 0 Å². The number of hydrogen-bond acceptors (Lipinski definition) is 3. The fourth-order valence-corrected chi connectivity index (χ4v) is 3.52. The van der Waals surface area contributed by atoms with Crippen LogP contribution in [-0.2, 0) is 10.2 Å². The van der Waals surface area contributed by atoms with Crippen LogP contribution in [0.25, 0.3) is 0 Å². The molecule has 1 saturated carbocycles. The Morgan fingerprint density at radius 3 is 2.32 bits per heavy atom. The van der Waals surface area contributed by atoms with Gasteiger partial charge >= 0.3 is 0 Å². The first-order valence-corrected chi connectivity index (χ1v) is 6.93. The highest BCUT2D eigenvalue weighted by molar-refractivity contribution is 5.48. The van der Waals surface area contributed by atoms with E-state index in [9.17, 15) is 5.11 Å². The second kappa shape index (κ2) is 4.22. The van der Waals surface area contributed by atoms with E-state index in [1.807, 2.05) is 0 Å². The molecule has 0 spiro atoms. The molecule has 0 radical (unpaired) electrons. The van der Waals surface area contributed by atoms with Crippen molar-refractivity contribution in [1.82, 2.24) is 0 Å². The van der Waals surface area contributed by atoms with Gasteiger partial charge in [0, 0.05) is 12.0 Å². The number of aliphatic hydroxyl groups excluding tert-OH is 1. The highest BCUT2D eigenvalue weighted by Crippen LogP contribution is 2.62. The van der Waals surface area contributed by atoms with Crippen LogP contribution in [0.5, 0.6) is 5.75 Å². The summed E-state index contributed by atoms with van der Waals surface area (Å²) in [5.41, 5.74) is 3.80. The SMILES string of the molecule is COc1cc(C)c(C2(C3(CO)CC3)COC2)cc1C. The molecule has 19 heavy (non-hydrogen) atoms. The molecule has 2 fully saturated rings. The van der Waals surface area contributed by atoms with Gasteiger partial charge in [-0.1, -0.05) is 6.07 Å². The maximum absolute atomic E-state index is 9.80. The lowest BCUT2D eigenvalue weighted by Crippen LogP contribution is -2.55. The zero-order valence-corrected chi connectivity index (χ0v) is 12.0. The van der Waals surface area contributed by atoms with Crippen molar-refractivity contribution in [3.8, 4) is 5.75 Å². The number of rotatable bonds is 4. The monoisotopic (exact) mass is 262 g/mol. The lowest BCUT2D eigenvalue weighted by molar-refractivity contribution is -0.110. The molecule has 1 aromatic carbocycles. The van der Waals surface area contributed by atoms with Gasteiger partial charge in [-0.05, 0) is 49.4 Å². The molecule has 1 aromatic rings. The van der Waals surface area contributed by atoms with Crippen molar-refractivity contribution in [1.29, 1.82) is 0 Å². The maximum atomic E-state index is 9.80. The lowest BCUT2D eigenvalue weighted by atomic mass is 9.65. The number of hydrogen-bond donors (Lipinski definition) is 1. The summed E-state index contributed by atoms with van der Waals surface area (Å²) in [6, 6.07) is 4.34. The van der Waals surface area contributed by atoms with Crippen LogP contribution >= 0.6 is 0 Å². The molecule has 1 saturated heterocycles. The molecule has 1 heterocycles. The van der Waals surface area contributed by atoms with E-state index < -0.39 is 0 Å². The summed E-state index contributed by atoms with van der Waals surface area (Å²) in [5, 5.41) is 9.80. The van der Waals surface area contributed by atoms with Crippen LogP contribution in [-0.4, -0.2) is 32.0 Å². The summed E-state index contributed by atoms with van der Waals surface area (Å²) in [6.45, 7) is 5.94. The van der Waals surface area contributed by atoms with Gasteiger partial charge in [0.1, 0.15) is 5.75 Å². The van der Waals surface area contributed by atoms with Crippen LogP contribution in [0, 0.1) is 19.3 Å². The third-order valence-corrected chi connectivity index (χ3v) is 5.13. The Morgan fingerprint density at radius 1 is 1.21 bits per heavy atom. The molecular weight excluding hydrogens is 240 g/mol. The van der Waals surface area contributed by atoms with Crippen LogP contribution < -0.4 is 4.74 Å². The van der Waals surface area contributed by atoms with Crippen LogP contribution in [0.2, 0.25) is 0 Å². The van der Waals surface area contributed by atoms with E-state index in [2.05, 4.69) is 26.0 Å². The van der Waals surface area contributed by atoms with Crippen molar-refractivity contribution in [2.45, 2.75) is 32.1 Å². The fraction of sp³-hybridized carbons (Fsp3) is 0.625.